The van der Waals surface area contributed by atoms with E-state index in [0.29, 0.717) is 22.4 Å². The standard InChI is InChI=1S/C19H18N4O2S/c1-11(2)22-9-8-13-14(4-3-5-15(13)22)18-19(26)20-21-23(18)16-7-6-12(24)10-17(16)25/h3-11,24-26H,1-2H3. The van der Waals surface area contributed by atoms with Gasteiger partial charge in [0.05, 0.1) is 0 Å². The molecule has 2 heterocycles. The molecular formula is C19H18N4O2S. The molecule has 0 aliphatic rings. The van der Waals surface area contributed by atoms with Crippen molar-refractivity contribution in [1.29, 1.82) is 0 Å². The van der Waals surface area contributed by atoms with Gasteiger partial charge in [-0.1, -0.05) is 17.3 Å². The fourth-order valence-corrected chi connectivity index (χ4v) is 3.47. The number of hydrogen-bond acceptors (Lipinski definition) is 5. The molecule has 7 heteroatoms. The Labute approximate surface area is 155 Å². The van der Waals surface area contributed by atoms with E-state index in [0.717, 1.165) is 16.5 Å². The number of hydrogen-bond donors (Lipinski definition) is 3. The van der Waals surface area contributed by atoms with Gasteiger partial charge in [-0.3, -0.25) is 0 Å². The second-order valence-corrected chi connectivity index (χ2v) is 6.83. The quantitative estimate of drug-likeness (QED) is 0.476. The van der Waals surface area contributed by atoms with Crippen LogP contribution >= 0.6 is 12.6 Å². The van der Waals surface area contributed by atoms with Gasteiger partial charge in [0.1, 0.15) is 27.9 Å². The Kier molecular flexibility index (Phi) is 3.88. The lowest BCUT2D eigenvalue weighted by Crippen LogP contribution is -2.01. The summed E-state index contributed by atoms with van der Waals surface area (Å²) in [7, 11) is 0. The van der Waals surface area contributed by atoms with Crippen LogP contribution in [0.3, 0.4) is 0 Å². The maximum absolute atomic E-state index is 10.2. The van der Waals surface area contributed by atoms with Gasteiger partial charge in [-0.25, -0.2) is 4.68 Å². The first-order chi connectivity index (χ1) is 12.5. The number of phenols is 2. The first-order valence-electron chi connectivity index (χ1n) is 8.24. The summed E-state index contributed by atoms with van der Waals surface area (Å²) in [5.74, 6) is -0.105. The predicted octanol–water partition coefficient (Wildman–Crippen LogP) is 4.17. The smallest absolute Gasteiger partial charge is 0.145 e. The Morgan fingerprint density at radius 3 is 2.62 bits per heavy atom. The minimum Gasteiger partial charge on any atom is -0.508 e. The zero-order valence-electron chi connectivity index (χ0n) is 14.3. The summed E-state index contributed by atoms with van der Waals surface area (Å²) in [4.78, 5) is 0. The molecule has 26 heavy (non-hydrogen) atoms. The van der Waals surface area contributed by atoms with Gasteiger partial charge in [0.2, 0.25) is 0 Å². The van der Waals surface area contributed by atoms with Gasteiger partial charge in [-0.2, -0.15) is 0 Å². The molecule has 2 aromatic carbocycles. The van der Waals surface area contributed by atoms with Gasteiger partial charge in [-0.15, -0.1) is 17.7 Å². The van der Waals surface area contributed by atoms with E-state index >= 15 is 0 Å². The van der Waals surface area contributed by atoms with Crippen LogP contribution in [0.15, 0.2) is 53.7 Å². The van der Waals surface area contributed by atoms with Crippen LogP contribution in [-0.4, -0.2) is 29.8 Å². The number of phenolic OH excluding ortho intramolecular Hbond substituents is 2. The van der Waals surface area contributed by atoms with Crippen LogP contribution in [-0.2, 0) is 0 Å². The lowest BCUT2D eigenvalue weighted by Gasteiger charge is -2.12. The van der Waals surface area contributed by atoms with Gasteiger partial charge in [0.25, 0.3) is 0 Å². The molecule has 0 spiro atoms. The Balaban J connectivity index is 1.98. The number of aromatic hydroxyl groups is 2. The first kappa shape index (κ1) is 16.5. The minimum atomic E-state index is -0.0867. The summed E-state index contributed by atoms with van der Waals surface area (Å²) in [6.45, 7) is 4.27. The van der Waals surface area contributed by atoms with Gasteiger partial charge in [-0.05, 0) is 38.1 Å². The normalized spacial score (nSPS) is 11.5. The van der Waals surface area contributed by atoms with Crippen molar-refractivity contribution >= 4 is 23.5 Å². The van der Waals surface area contributed by atoms with Crippen LogP contribution in [0.4, 0.5) is 0 Å². The summed E-state index contributed by atoms with van der Waals surface area (Å²) >= 11 is 4.48. The molecule has 0 fully saturated rings. The van der Waals surface area contributed by atoms with Crippen molar-refractivity contribution in [3.05, 3.63) is 48.7 Å². The molecule has 4 aromatic rings. The van der Waals surface area contributed by atoms with Gasteiger partial charge >= 0.3 is 0 Å². The van der Waals surface area contributed by atoms with Crippen molar-refractivity contribution in [1.82, 2.24) is 19.6 Å². The van der Waals surface area contributed by atoms with Crippen LogP contribution < -0.4 is 0 Å². The third-order valence-corrected chi connectivity index (χ3v) is 4.72. The van der Waals surface area contributed by atoms with E-state index < -0.39 is 0 Å². The minimum absolute atomic E-state index is 0.0184. The van der Waals surface area contributed by atoms with Gasteiger partial charge < -0.3 is 14.8 Å². The Morgan fingerprint density at radius 1 is 1.08 bits per heavy atom. The molecule has 2 N–H and O–H groups in total. The average molecular weight is 366 g/mol. The Morgan fingerprint density at radius 2 is 1.88 bits per heavy atom. The zero-order chi connectivity index (χ0) is 18.4. The molecule has 6 nitrogen and oxygen atoms in total. The molecule has 0 saturated carbocycles. The predicted molar refractivity (Wildman–Crippen MR) is 103 cm³/mol. The topological polar surface area (TPSA) is 76.1 Å². The monoisotopic (exact) mass is 366 g/mol. The SMILES string of the molecule is CC(C)n1ccc2c(-c3c(S)nnn3-c3ccc(O)cc3O)cccc21. The fraction of sp³-hybridized carbons (Fsp3) is 0.158. The van der Waals surface area contributed by atoms with E-state index in [4.69, 9.17) is 0 Å². The van der Waals surface area contributed by atoms with Crippen LogP contribution in [0.25, 0.3) is 27.8 Å². The van der Waals surface area contributed by atoms with E-state index in [9.17, 15) is 10.2 Å². The second-order valence-electron chi connectivity index (χ2n) is 6.40. The number of thiol groups is 1. The van der Waals surface area contributed by atoms with E-state index in [2.05, 4.69) is 59.7 Å². The summed E-state index contributed by atoms with van der Waals surface area (Å²) in [6.07, 6.45) is 2.06. The van der Waals surface area contributed by atoms with Crippen LogP contribution in [0.5, 0.6) is 11.5 Å². The van der Waals surface area contributed by atoms with E-state index in [-0.39, 0.29) is 11.5 Å². The number of aromatic nitrogens is 4. The molecular weight excluding hydrogens is 348 g/mol. The summed E-state index contributed by atoms with van der Waals surface area (Å²) in [5.41, 5.74) is 3.13. The van der Waals surface area contributed by atoms with Crippen molar-refractivity contribution in [2.45, 2.75) is 24.9 Å². The number of nitrogens with zero attached hydrogens (tertiary/aromatic N) is 4. The van der Waals surface area contributed by atoms with Crippen molar-refractivity contribution in [2.24, 2.45) is 0 Å². The molecule has 132 valence electrons. The third kappa shape index (κ3) is 2.52. The highest BCUT2D eigenvalue weighted by atomic mass is 32.1. The highest BCUT2D eigenvalue weighted by Gasteiger charge is 2.19. The van der Waals surface area contributed by atoms with Gasteiger partial charge in [0, 0.05) is 34.8 Å². The molecule has 0 aliphatic carbocycles. The van der Waals surface area contributed by atoms with Crippen molar-refractivity contribution in [3.63, 3.8) is 0 Å². The van der Waals surface area contributed by atoms with Crippen LogP contribution in [0.1, 0.15) is 19.9 Å². The molecule has 0 atom stereocenters. The maximum atomic E-state index is 10.2. The number of rotatable bonds is 3. The van der Waals surface area contributed by atoms with E-state index in [1.807, 2.05) is 12.1 Å². The largest absolute Gasteiger partial charge is 0.508 e. The third-order valence-electron chi connectivity index (χ3n) is 4.41. The Hall–Kier alpha value is -2.93. The molecule has 0 amide bonds. The molecule has 0 aliphatic heterocycles. The molecule has 0 unspecified atom stereocenters. The summed E-state index contributed by atoms with van der Waals surface area (Å²) in [5, 5.41) is 29.5. The second kappa shape index (κ2) is 6.10. The average Bonchev–Trinajstić information content (AvgIpc) is 3.18. The highest BCUT2D eigenvalue weighted by Crippen LogP contribution is 2.36. The number of fused-ring (bicyclic) bond motifs is 1. The van der Waals surface area contributed by atoms with Crippen molar-refractivity contribution in [3.8, 4) is 28.4 Å². The zero-order valence-corrected chi connectivity index (χ0v) is 15.2. The summed E-state index contributed by atoms with van der Waals surface area (Å²) in [6, 6.07) is 12.8. The van der Waals surface area contributed by atoms with Crippen molar-refractivity contribution < 1.29 is 10.2 Å². The highest BCUT2D eigenvalue weighted by molar-refractivity contribution is 7.80. The van der Waals surface area contributed by atoms with Crippen molar-refractivity contribution in [2.75, 3.05) is 0 Å². The molecule has 0 radical (unpaired) electrons. The lowest BCUT2D eigenvalue weighted by molar-refractivity contribution is 0.447. The first-order valence-corrected chi connectivity index (χ1v) is 8.69. The fourth-order valence-electron chi connectivity index (χ4n) is 3.21. The lowest BCUT2D eigenvalue weighted by atomic mass is 10.1. The summed E-state index contributed by atoms with van der Waals surface area (Å²) < 4.78 is 3.74. The van der Waals surface area contributed by atoms with Crippen LogP contribution in [0.2, 0.25) is 0 Å². The van der Waals surface area contributed by atoms with Gasteiger partial charge in [0.15, 0.2) is 0 Å². The Bertz CT molecular complexity index is 1110. The molecule has 4 rings (SSSR count). The van der Waals surface area contributed by atoms with E-state index in [1.165, 1.54) is 12.1 Å². The number of benzene rings is 2. The van der Waals surface area contributed by atoms with E-state index in [1.54, 1.807) is 10.7 Å². The molecule has 2 aromatic heterocycles. The molecule has 0 bridgehead atoms. The van der Waals surface area contributed by atoms with Crippen LogP contribution in [0, 0.1) is 0 Å². The molecule has 0 saturated heterocycles. The maximum Gasteiger partial charge on any atom is 0.145 e.